The molecule has 5 heteroatoms. The van der Waals surface area contributed by atoms with Crippen molar-refractivity contribution in [3.63, 3.8) is 0 Å². The molecule has 1 rings (SSSR count). The van der Waals surface area contributed by atoms with Crippen molar-refractivity contribution in [1.82, 2.24) is 5.32 Å². The maximum Gasteiger partial charge on any atom is 0.233 e. The van der Waals surface area contributed by atoms with E-state index in [4.69, 9.17) is 22.7 Å². The SMILES string of the molecule is CCC(CC)(C(=O)NCCCOc1ccccc1)C(N)=S. The predicted molar refractivity (Wildman–Crippen MR) is 89.4 cm³/mol. The van der Waals surface area contributed by atoms with E-state index >= 15 is 0 Å². The van der Waals surface area contributed by atoms with Crippen LogP contribution in [0, 0.1) is 5.41 Å². The summed E-state index contributed by atoms with van der Waals surface area (Å²) in [5, 5.41) is 2.91. The standard InChI is InChI=1S/C16H24N2O2S/c1-3-16(4-2,14(17)21)15(19)18-11-8-12-20-13-9-6-5-7-10-13/h5-7,9-10H,3-4,8,11-12H2,1-2H3,(H2,17,21)(H,18,19). The van der Waals surface area contributed by atoms with Gasteiger partial charge in [-0.05, 0) is 31.4 Å². The Balaban J connectivity index is 2.34. The first-order valence-electron chi connectivity index (χ1n) is 7.33. The molecular weight excluding hydrogens is 284 g/mol. The van der Waals surface area contributed by atoms with Crippen LogP contribution in [0.25, 0.3) is 0 Å². The Morgan fingerprint density at radius 3 is 2.43 bits per heavy atom. The summed E-state index contributed by atoms with van der Waals surface area (Å²) in [5.74, 6) is 0.753. The van der Waals surface area contributed by atoms with Gasteiger partial charge in [0.05, 0.1) is 17.0 Å². The highest BCUT2D eigenvalue weighted by atomic mass is 32.1. The first-order valence-corrected chi connectivity index (χ1v) is 7.73. The number of benzene rings is 1. The van der Waals surface area contributed by atoms with E-state index in [0.29, 0.717) is 26.0 Å². The number of amides is 1. The van der Waals surface area contributed by atoms with Crippen LogP contribution in [-0.2, 0) is 4.79 Å². The van der Waals surface area contributed by atoms with Crippen LogP contribution in [0.1, 0.15) is 33.1 Å². The van der Waals surface area contributed by atoms with E-state index < -0.39 is 5.41 Å². The molecule has 0 unspecified atom stereocenters. The lowest BCUT2D eigenvalue weighted by Gasteiger charge is -2.28. The Hall–Kier alpha value is -1.62. The van der Waals surface area contributed by atoms with Crippen molar-refractivity contribution in [2.75, 3.05) is 13.2 Å². The van der Waals surface area contributed by atoms with E-state index in [-0.39, 0.29) is 10.9 Å². The van der Waals surface area contributed by atoms with Crippen molar-refractivity contribution < 1.29 is 9.53 Å². The van der Waals surface area contributed by atoms with Gasteiger partial charge in [-0.15, -0.1) is 0 Å². The quantitative estimate of drug-likeness (QED) is 0.544. The van der Waals surface area contributed by atoms with Gasteiger partial charge in [0.2, 0.25) is 5.91 Å². The third-order valence-corrected chi connectivity index (χ3v) is 4.12. The summed E-state index contributed by atoms with van der Waals surface area (Å²) in [6, 6.07) is 9.61. The van der Waals surface area contributed by atoms with Crippen LogP contribution in [0.15, 0.2) is 30.3 Å². The van der Waals surface area contributed by atoms with Crippen LogP contribution in [0.3, 0.4) is 0 Å². The largest absolute Gasteiger partial charge is 0.494 e. The fourth-order valence-electron chi connectivity index (χ4n) is 2.18. The van der Waals surface area contributed by atoms with Crippen molar-refractivity contribution in [3.8, 4) is 5.75 Å². The molecule has 0 atom stereocenters. The number of nitrogens with two attached hydrogens (primary N) is 1. The van der Waals surface area contributed by atoms with Crippen LogP contribution < -0.4 is 15.8 Å². The molecule has 0 radical (unpaired) electrons. The number of ether oxygens (including phenoxy) is 1. The summed E-state index contributed by atoms with van der Waals surface area (Å²) < 4.78 is 5.57. The Labute approximate surface area is 132 Å². The van der Waals surface area contributed by atoms with Gasteiger partial charge < -0.3 is 15.8 Å². The van der Waals surface area contributed by atoms with Crippen LogP contribution in [0.5, 0.6) is 5.75 Å². The molecule has 0 bridgehead atoms. The molecule has 0 aliphatic carbocycles. The molecule has 3 N–H and O–H groups in total. The smallest absolute Gasteiger partial charge is 0.233 e. The molecule has 0 aliphatic heterocycles. The van der Waals surface area contributed by atoms with E-state index in [0.717, 1.165) is 12.2 Å². The summed E-state index contributed by atoms with van der Waals surface area (Å²) in [4.78, 5) is 12.6. The van der Waals surface area contributed by atoms with E-state index in [1.165, 1.54) is 0 Å². The Morgan fingerprint density at radius 2 is 1.90 bits per heavy atom. The minimum Gasteiger partial charge on any atom is -0.494 e. The Bertz CT molecular complexity index is 459. The monoisotopic (exact) mass is 308 g/mol. The zero-order valence-corrected chi connectivity index (χ0v) is 13.5. The van der Waals surface area contributed by atoms with Crippen LogP contribution in [0.4, 0.5) is 0 Å². The maximum atomic E-state index is 12.3. The van der Waals surface area contributed by atoms with Crippen LogP contribution >= 0.6 is 12.2 Å². The van der Waals surface area contributed by atoms with Crippen molar-refractivity contribution in [2.45, 2.75) is 33.1 Å². The summed E-state index contributed by atoms with van der Waals surface area (Å²) in [6.45, 7) is 4.97. The number of thiocarbonyl (C=S) groups is 1. The zero-order valence-electron chi connectivity index (χ0n) is 12.7. The van der Waals surface area contributed by atoms with Crippen molar-refractivity contribution in [1.29, 1.82) is 0 Å². The third-order valence-electron chi connectivity index (χ3n) is 3.73. The van der Waals surface area contributed by atoms with Gasteiger partial charge in [0, 0.05) is 6.54 Å². The molecule has 0 aliphatic rings. The summed E-state index contributed by atoms with van der Waals surface area (Å²) >= 11 is 5.06. The van der Waals surface area contributed by atoms with E-state index in [1.54, 1.807) is 0 Å². The highest BCUT2D eigenvalue weighted by Crippen LogP contribution is 2.27. The zero-order chi connectivity index (χ0) is 15.7. The molecule has 116 valence electrons. The second-order valence-electron chi connectivity index (χ2n) is 4.92. The number of carbonyl (C=O) groups excluding carboxylic acids is 1. The minimum absolute atomic E-state index is 0.0836. The number of hydrogen-bond acceptors (Lipinski definition) is 3. The molecule has 0 spiro atoms. The van der Waals surface area contributed by atoms with E-state index in [1.807, 2.05) is 44.2 Å². The van der Waals surface area contributed by atoms with Crippen LogP contribution in [0.2, 0.25) is 0 Å². The highest BCUT2D eigenvalue weighted by molar-refractivity contribution is 7.80. The lowest BCUT2D eigenvalue weighted by Crippen LogP contribution is -2.48. The summed E-state index contributed by atoms with van der Waals surface area (Å²) in [5.41, 5.74) is 5.02. The minimum atomic E-state index is -0.727. The highest BCUT2D eigenvalue weighted by Gasteiger charge is 2.37. The summed E-state index contributed by atoms with van der Waals surface area (Å²) in [6.07, 6.45) is 1.97. The van der Waals surface area contributed by atoms with Gasteiger partial charge in [0.1, 0.15) is 5.75 Å². The molecule has 0 saturated carbocycles. The first kappa shape index (κ1) is 17.4. The number of nitrogens with one attached hydrogen (secondary N) is 1. The average molecular weight is 308 g/mol. The molecule has 1 aromatic carbocycles. The van der Waals surface area contributed by atoms with E-state index in [2.05, 4.69) is 5.32 Å². The topological polar surface area (TPSA) is 64.3 Å². The predicted octanol–water partition coefficient (Wildman–Crippen LogP) is 2.66. The number of hydrogen-bond donors (Lipinski definition) is 2. The first-order chi connectivity index (χ1) is 10.1. The van der Waals surface area contributed by atoms with Gasteiger partial charge >= 0.3 is 0 Å². The van der Waals surface area contributed by atoms with Crippen molar-refractivity contribution >= 4 is 23.1 Å². The number of rotatable bonds is 9. The lowest BCUT2D eigenvalue weighted by atomic mass is 9.81. The lowest BCUT2D eigenvalue weighted by molar-refractivity contribution is -0.127. The Kier molecular flexibility index (Phi) is 7.15. The van der Waals surface area contributed by atoms with Gasteiger partial charge in [0.15, 0.2) is 0 Å². The van der Waals surface area contributed by atoms with Gasteiger partial charge in [-0.3, -0.25) is 4.79 Å². The van der Waals surface area contributed by atoms with Gasteiger partial charge in [-0.1, -0.05) is 44.3 Å². The number of carbonyl (C=O) groups is 1. The van der Waals surface area contributed by atoms with Crippen molar-refractivity contribution in [3.05, 3.63) is 30.3 Å². The molecule has 4 nitrogen and oxygen atoms in total. The second kappa shape index (κ2) is 8.62. The van der Waals surface area contributed by atoms with E-state index in [9.17, 15) is 4.79 Å². The molecule has 0 aromatic heterocycles. The molecule has 0 saturated heterocycles. The number of para-hydroxylation sites is 1. The summed E-state index contributed by atoms with van der Waals surface area (Å²) in [7, 11) is 0. The van der Waals surface area contributed by atoms with Crippen molar-refractivity contribution in [2.24, 2.45) is 11.1 Å². The maximum absolute atomic E-state index is 12.3. The third kappa shape index (κ3) is 4.70. The second-order valence-corrected chi connectivity index (χ2v) is 5.36. The molecular formula is C16H24N2O2S. The molecule has 0 fully saturated rings. The van der Waals surface area contributed by atoms with Gasteiger partial charge in [-0.2, -0.15) is 0 Å². The Morgan fingerprint density at radius 1 is 1.29 bits per heavy atom. The fourth-order valence-corrected chi connectivity index (χ4v) is 2.56. The normalized spacial score (nSPS) is 11.0. The molecule has 1 amide bonds. The molecule has 0 heterocycles. The van der Waals surface area contributed by atoms with Gasteiger partial charge in [-0.25, -0.2) is 0 Å². The van der Waals surface area contributed by atoms with Crippen LogP contribution in [-0.4, -0.2) is 24.0 Å². The fraction of sp³-hybridized carbons (Fsp3) is 0.500. The van der Waals surface area contributed by atoms with Gasteiger partial charge in [0.25, 0.3) is 0 Å². The molecule has 21 heavy (non-hydrogen) atoms. The average Bonchev–Trinajstić information content (AvgIpc) is 2.49. The molecule has 1 aromatic rings.